The van der Waals surface area contributed by atoms with Gasteiger partial charge in [-0.1, -0.05) is 35.9 Å². The maximum atomic E-state index is 11.7. The van der Waals surface area contributed by atoms with Crippen LogP contribution in [0.25, 0.3) is 0 Å². The van der Waals surface area contributed by atoms with Crippen molar-refractivity contribution in [2.45, 2.75) is 18.7 Å². The number of hydrogen-bond donors (Lipinski definition) is 2. The molecule has 0 bridgehead atoms. The molecule has 0 aromatic heterocycles. The van der Waals surface area contributed by atoms with Gasteiger partial charge >= 0.3 is 0 Å². The third-order valence-electron chi connectivity index (χ3n) is 4.87. The number of morpholine rings is 1. The van der Waals surface area contributed by atoms with Crippen molar-refractivity contribution in [3.05, 3.63) is 70.2 Å². The molecule has 1 heterocycles. The predicted octanol–water partition coefficient (Wildman–Crippen LogP) is 2.86. The minimum absolute atomic E-state index is 0.0589. The fourth-order valence-electron chi connectivity index (χ4n) is 3.29. The number of nitrogens with one attached hydrogen (secondary N) is 2. The summed E-state index contributed by atoms with van der Waals surface area (Å²) >= 11 is 6.06. The normalized spacial score (nSPS) is 18.9. The molecule has 1 fully saturated rings. The molecule has 1 amide bonds. The molecular weight excluding hydrogens is 362 g/mol. The van der Waals surface area contributed by atoms with Crippen LogP contribution in [-0.2, 0) is 11.3 Å². The van der Waals surface area contributed by atoms with Crippen LogP contribution >= 0.6 is 11.6 Å². The van der Waals surface area contributed by atoms with E-state index in [1.54, 1.807) is 7.05 Å². The summed E-state index contributed by atoms with van der Waals surface area (Å²) in [5.74, 6) is -0.0767. The number of carbonyl (C=O) groups is 1. The zero-order chi connectivity index (χ0) is 19.2. The van der Waals surface area contributed by atoms with E-state index in [1.807, 2.05) is 48.5 Å². The minimum Gasteiger partial charge on any atom is -0.374 e. The average Bonchev–Trinajstić information content (AvgIpc) is 2.69. The van der Waals surface area contributed by atoms with Crippen molar-refractivity contribution in [1.82, 2.24) is 15.5 Å². The quantitative estimate of drug-likeness (QED) is 0.800. The van der Waals surface area contributed by atoms with Gasteiger partial charge in [0, 0.05) is 37.3 Å². The van der Waals surface area contributed by atoms with E-state index in [9.17, 15) is 4.79 Å². The van der Waals surface area contributed by atoms with Crippen LogP contribution in [0.4, 0.5) is 0 Å². The molecule has 2 aromatic carbocycles. The van der Waals surface area contributed by atoms with Crippen LogP contribution in [0.15, 0.2) is 48.5 Å². The number of benzene rings is 2. The summed E-state index contributed by atoms with van der Waals surface area (Å²) in [6.07, 6.45) is 0.0649. The third-order valence-corrected chi connectivity index (χ3v) is 5.12. The topological polar surface area (TPSA) is 53.6 Å². The SMILES string of the molecule is CNC(=O)c1ccc(CN[C@H](c2ccc(Cl)cc2)[C@H]2CN(C)CCO2)cc1. The molecule has 0 unspecified atom stereocenters. The zero-order valence-corrected chi connectivity index (χ0v) is 16.5. The number of carbonyl (C=O) groups excluding carboxylic acids is 1. The Hall–Kier alpha value is -1.92. The second-order valence-electron chi connectivity index (χ2n) is 6.86. The highest BCUT2D eigenvalue weighted by Crippen LogP contribution is 2.24. The molecular formula is C21H26ClN3O2. The zero-order valence-electron chi connectivity index (χ0n) is 15.7. The van der Waals surface area contributed by atoms with E-state index >= 15 is 0 Å². The fraction of sp³-hybridized carbons (Fsp3) is 0.381. The molecule has 2 N–H and O–H groups in total. The molecule has 0 radical (unpaired) electrons. The molecule has 144 valence electrons. The summed E-state index contributed by atoms with van der Waals surface area (Å²) in [6, 6.07) is 15.6. The van der Waals surface area contributed by atoms with Gasteiger partial charge in [0.05, 0.1) is 18.8 Å². The first kappa shape index (κ1) is 19.8. The van der Waals surface area contributed by atoms with Crippen molar-refractivity contribution in [2.75, 3.05) is 33.8 Å². The van der Waals surface area contributed by atoms with Crippen molar-refractivity contribution < 1.29 is 9.53 Å². The molecule has 5 nitrogen and oxygen atoms in total. The summed E-state index contributed by atoms with van der Waals surface area (Å²) in [5, 5.41) is 6.99. The molecule has 0 spiro atoms. The molecule has 3 rings (SSSR count). The van der Waals surface area contributed by atoms with Gasteiger partial charge in [0.15, 0.2) is 0 Å². The maximum absolute atomic E-state index is 11.7. The average molecular weight is 388 g/mol. The summed E-state index contributed by atoms with van der Waals surface area (Å²) in [4.78, 5) is 14.0. The molecule has 27 heavy (non-hydrogen) atoms. The van der Waals surface area contributed by atoms with E-state index in [0.717, 1.165) is 35.8 Å². The fourth-order valence-corrected chi connectivity index (χ4v) is 3.42. The molecule has 1 saturated heterocycles. The van der Waals surface area contributed by atoms with Crippen LogP contribution in [0.5, 0.6) is 0 Å². The Morgan fingerprint density at radius 3 is 2.56 bits per heavy atom. The Bertz CT molecular complexity index is 749. The van der Waals surface area contributed by atoms with Gasteiger partial charge in [0.2, 0.25) is 0 Å². The van der Waals surface area contributed by atoms with Gasteiger partial charge in [0.25, 0.3) is 5.91 Å². The smallest absolute Gasteiger partial charge is 0.251 e. The van der Waals surface area contributed by atoms with E-state index in [0.29, 0.717) is 12.1 Å². The van der Waals surface area contributed by atoms with Crippen LogP contribution in [0.1, 0.15) is 27.5 Å². The lowest BCUT2D eigenvalue weighted by Crippen LogP contribution is -2.46. The van der Waals surface area contributed by atoms with Gasteiger partial charge in [-0.15, -0.1) is 0 Å². The molecule has 2 atom stereocenters. The lowest BCUT2D eigenvalue weighted by atomic mass is 9.99. The van der Waals surface area contributed by atoms with Crippen molar-refractivity contribution in [1.29, 1.82) is 0 Å². The Morgan fingerprint density at radius 1 is 1.22 bits per heavy atom. The third kappa shape index (κ3) is 5.30. The monoisotopic (exact) mass is 387 g/mol. The summed E-state index contributed by atoms with van der Waals surface area (Å²) in [5.41, 5.74) is 2.93. The Labute approximate surface area is 165 Å². The molecule has 0 aliphatic carbocycles. The number of rotatable bonds is 6. The van der Waals surface area contributed by atoms with Crippen LogP contribution in [0.2, 0.25) is 5.02 Å². The van der Waals surface area contributed by atoms with E-state index in [4.69, 9.17) is 16.3 Å². The largest absolute Gasteiger partial charge is 0.374 e. The highest BCUT2D eigenvalue weighted by Gasteiger charge is 2.27. The Morgan fingerprint density at radius 2 is 1.93 bits per heavy atom. The van der Waals surface area contributed by atoms with E-state index in [1.165, 1.54) is 0 Å². The second kappa shape index (κ2) is 9.33. The van der Waals surface area contributed by atoms with Crippen LogP contribution in [-0.4, -0.2) is 50.7 Å². The summed E-state index contributed by atoms with van der Waals surface area (Å²) in [6.45, 7) is 3.24. The van der Waals surface area contributed by atoms with Crippen LogP contribution in [0.3, 0.4) is 0 Å². The number of hydrogen-bond acceptors (Lipinski definition) is 4. The second-order valence-corrected chi connectivity index (χ2v) is 7.29. The van der Waals surface area contributed by atoms with Gasteiger partial charge in [-0.3, -0.25) is 4.79 Å². The van der Waals surface area contributed by atoms with Gasteiger partial charge in [-0.2, -0.15) is 0 Å². The van der Waals surface area contributed by atoms with Gasteiger partial charge in [0.1, 0.15) is 0 Å². The lowest BCUT2D eigenvalue weighted by Gasteiger charge is -2.36. The first-order chi connectivity index (χ1) is 13.1. The van der Waals surface area contributed by atoms with Crippen molar-refractivity contribution in [2.24, 2.45) is 0 Å². The van der Waals surface area contributed by atoms with Crippen molar-refractivity contribution >= 4 is 17.5 Å². The predicted molar refractivity (Wildman–Crippen MR) is 108 cm³/mol. The maximum Gasteiger partial charge on any atom is 0.251 e. The highest BCUT2D eigenvalue weighted by atomic mass is 35.5. The van der Waals surface area contributed by atoms with Crippen molar-refractivity contribution in [3.8, 4) is 0 Å². The number of amides is 1. The number of likely N-dealkylation sites (N-methyl/N-ethyl adjacent to an activating group) is 1. The number of halogens is 1. The summed E-state index contributed by atoms with van der Waals surface area (Å²) < 4.78 is 6.06. The van der Waals surface area contributed by atoms with Gasteiger partial charge < -0.3 is 20.3 Å². The highest BCUT2D eigenvalue weighted by molar-refractivity contribution is 6.30. The van der Waals surface area contributed by atoms with Crippen LogP contribution in [0, 0.1) is 0 Å². The van der Waals surface area contributed by atoms with E-state index in [-0.39, 0.29) is 18.1 Å². The molecule has 1 aliphatic heterocycles. The first-order valence-electron chi connectivity index (χ1n) is 9.17. The van der Waals surface area contributed by atoms with Crippen LogP contribution < -0.4 is 10.6 Å². The van der Waals surface area contributed by atoms with E-state index < -0.39 is 0 Å². The summed E-state index contributed by atoms with van der Waals surface area (Å²) in [7, 11) is 3.75. The standard InChI is InChI=1S/C21H26ClN3O2/c1-23-21(26)17-5-3-15(4-6-17)13-24-20(16-7-9-18(22)10-8-16)19-14-25(2)11-12-27-19/h3-10,19-20,24H,11-14H2,1-2H3,(H,23,26)/t19-,20-/m1/s1. The lowest BCUT2D eigenvalue weighted by molar-refractivity contribution is -0.0396. The number of nitrogens with zero attached hydrogens (tertiary/aromatic N) is 1. The van der Waals surface area contributed by atoms with E-state index in [2.05, 4.69) is 22.6 Å². The molecule has 1 aliphatic rings. The Balaban J connectivity index is 1.73. The minimum atomic E-state index is -0.0767. The van der Waals surface area contributed by atoms with Gasteiger partial charge in [-0.05, 0) is 42.4 Å². The molecule has 0 saturated carbocycles. The van der Waals surface area contributed by atoms with Gasteiger partial charge in [-0.25, -0.2) is 0 Å². The molecule has 2 aromatic rings. The van der Waals surface area contributed by atoms with Crippen molar-refractivity contribution in [3.63, 3.8) is 0 Å². The first-order valence-corrected chi connectivity index (χ1v) is 9.54. The Kier molecular flexibility index (Phi) is 6.85. The molecule has 6 heteroatoms. The number of ether oxygens (including phenoxy) is 1.